The highest BCUT2D eigenvalue weighted by Gasteiger charge is 2.00. The lowest BCUT2D eigenvalue weighted by Gasteiger charge is -2.06. The van der Waals surface area contributed by atoms with Gasteiger partial charge in [-0.2, -0.15) is 0 Å². The van der Waals surface area contributed by atoms with E-state index in [0.717, 1.165) is 5.69 Å². The smallest absolute Gasteiger partial charge is 0.138 e. The Kier molecular flexibility index (Phi) is 4.43. The molecular formula is C11H15ClN2O. The highest BCUT2D eigenvalue weighted by atomic mass is 35.5. The number of benzene rings is 1. The van der Waals surface area contributed by atoms with Crippen LogP contribution in [0.25, 0.3) is 0 Å². The van der Waals surface area contributed by atoms with Crippen LogP contribution < -0.4 is 4.74 Å². The van der Waals surface area contributed by atoms with Crippen molar-refractivity contribution in [2.24, 2.45) is 4.99 Å². The minimum absolute atomic E-state index is 0.588. The molecule has 0 fully saturated rings. The maximum Gasteiger partial charge on any atom is 0.138 e. The highest BCUT2D eigenvalue weighted by Crippen LogP contribution is 2.28. The lowest BCUT2D eigenvalue weighted by molar-refractivity contribution is 0.340. The van der Waals surface area contributed by atoms with E-state index in [-0.39, 0.29) is 0 Å². The Balaban J connectivity index is 2.82. The van der Waals surface area contributed by atoms with Gasteiger partial charge in [0.2, 0.25) is 0 Å². The average molecular weight is 227 g/mol. The number of ether oxygens (including phenoxy) is 1. The van der Waals surface area contributed by atoms with Crippen LogP contribution in [0.4, 0.5) is 5.69 Å². The molecule has 15 heavy (non-hydrogen) atoms. The molecule has 0 aliphatic carbocycles. The minimum atomic E-state index is 0.588. The second-order valence-electron chi connectivity index (χ2n) is 3.26. The predicted octanol–water partition coefficient (Wildman–Crippen LogP) is 2.96. The van der Waals surface area contributed by atoms with Crippen molar-refractivity contribution < 1.29 is 4.74 Å². The van der Waals surface area contributed by atoms with Crippen LogP contribution in [0.2, 0.25) is 5.02 Å². The normalized spacial score (nSPS) is 10.7. The van der Waals surface area contributed by atoms with Gasteiger partial charge in [0.25, 0.3) is 0 Å². The number of hydrogen-bond donors (Lipinski definition) is 0. The Morgan fingerprint density at radius 1 is 1.47 bits per heavy atom. The van der Waals surface area contributed by atoms with E-state index in [2.05, 4.69) is 4.99 Å². The zero-order valence-electron chi connectivity index (χ0n) is 9.20. The van der Waals surface area contributed by atoms with E-state index in [1.807, 2.05) is 38.1 Å². The molecule has 0 saturated heterocycles. The molecule has 1 aromatic rings. The molecule has 0 aliphatic rings. The van der Waals surface area contributed by atoms with Gasteiger partial charge in [0.15, 0.2) is 0 Å². The van der Waals surface area contributed by atoms with Crippen molar-refractivity contribution in [3.05, 3.63) is 23.2 Å². The SMILES string of the molecule is CCOc1ccc(N=CN(C)C)cc1Cl. The first-order valence-electron chi connectivity index (χ1n) is 4.76. The van der Waals surface area contributed by atoms with Crippen molar-refractivity contribution in [1.82, 2.24) is 4.90 Å². The van der Waals surface area contributed by atoms with Gasteiger partial charge in [0.1, 0.15) is 5.75 Å². The second-order valence-corrected chi connectivity index (χ2v) is 3.66. The number of hydrogen-bond acceptors (Lipinski definition) is 2. The Hall–Kier alpha value is -1.22. The molecule has 0 N–H and O–H groups in total. The summed E-state index contributed by atoms with van der Waals surface area (Å²) in [5.41, 5.74) is 0.817. The van der Waals surface area contributed by atoms with Gasteiger partial charge < -0.3 is 9.64 Å². The van der Waals surface area contributed by atoms with Gasteiger partial charge in [-0.1, -0.05) is 11.6 Å². The Labute approximate surface area is 95.3 Å². The average Bonchev–Trinajstić information content (AvgIpc) is 2.19. The van der Waals surface area contributed by atoms with Crippen molar-refractivity contribution in [3.8, 4) is 5.75 Å². The zero-order valence-corrected chi connectivity index (χ0v) is 9.95. The van der Waals surface area contributed by atoms with Crippen LogP contribution in [0.1, 0.15) is 6.92 Å². The standard InChI is InChI=1S/C11H15ClN2O/c1-4-15-11-6-5-9(7-10(11)12)13-8-14(2)3/h5-8H,4H2,1-3H3. The first-order chi connectivity index (χ1) is 7.13. The van der Waals surface area contributed by atoms with E-state index in [0.29, 0.717) is 17.4 Å². The van der Waals surface area contributed by atoms with Crippen LogP contribution in [-0.4, -0.2) is 31.9 Å². The lowest BCUT2D eigenvalue weighted by Crippen LogP contribution is -2.06. The molecular weight excluding hydrogens is 212 g/mol. The molecule has 0 amide bonds. The molecule has 0 bridgehead atoms. The van der Waals surface area contributed by atoms with Gasteiger partial charge in [-0.15, -0.1) is 0 Å². The second kappa shape index (κ2) is 5.61. The summed E-state index contributed by atoms with van der Waals surface area (Å²) >= 11 is 6.01. The first kappa shape index (κ1) is 11.9. The molecule has 4 heteroatoms. The Bertz CT molecular complexity index is 350. The van der Waals surface area contributed by atoms with Gasteiger partial charge in [-0.05, 0) is 25.1 Å². The summed E-state index contributed by atoms with van der Waals surface area (Å²) in [5.74, 6) is 0.697. The van der Waals surface area contributed by atoms with E-state index >= 15 is 0 Å². The Morgan fingerprint density at radius 3 is 2.73 bits per heavy atom. The fraction of sp³-hybridized carbons (Fsp3) is 0.364. The van der Waals surface area contributed by atoms with E-state index in [4.69, 9.17) is 16.3 Å². The predicted molar refractivity (Wildman–Crippen MR) is 64.5 cm³/mol. The van der Waals surface area contributed by atoms with Gasteiger partial charge in [0.05, 0.1) is 23.7 Å². The maximum absolute atomic E-state index is 6.01. The molecule has 82 valence electrons. The van der Waals surface area contributed by atoms with Crippen molar-refractivity contribution in [1.29, 1.82) is 0 Å². The van der Waals surface area contributed by atoms with Crippen LogP contribution in [0, 0.1) is 0 Å². The van der Waals surface area contributed by atoms with E-state index in [9.17, 15) is 0 Å². The van der Waals surface area contributed by atoms with E-state index in [1.54, 1.807) is 12.4 Å². The summed E-state index contributed by atoms with van der Waals surface area (Å²) in [6.07, 6.45) is 1.73. The summed E-state index contributed by atoms with van der Waals surface area (Å²) in [6, 6.07) is 5.48. The molecule has 0 spiro atoms. The van der Waals surface area contributed by atoms with Crippen LogP contribution in [0.15, 0.2) is 23.2 Å². The quantitative estimate of drug-likeness (QED) is 0.583. The van der Waals surface area contributed by atoms with Crippen molar-refractivity contribution in [3.63, 3.8) is 0 Å². The fourth-order valence-corrected chi connectivity index (χ4v) is 1.25. The summed E-state index contributed by atoms with van der Waals surface area (Å²) in [6.45, 7) is 2.54. The fourth-order valence-electron chi connectivity index (χ4n) is 1.02. The maximum atomic E-state index is 6.01. The summed E-state index contributed by atoms with van der Waals surface area (Å²) < 4.78 is 5.32. The number of halogens is 1. The van der Waals surface area contributed by atoms with Crippen LogP contribution in [-0.2, 0) is 0 Å². The molecule has 3 nitrogen and oxygen atoms in total. The first-order valence-corrected chi connectivity index (χ1v) is 5.14. The highest BCUT2D eigenvalue weighted by molar-refractivity contribution is 6.32. The third kappa shape index (κ3) is 3.80. The van der Waals surface area contributed by atoms with Gasteiger partial charge in [-0.25, -0.2) is 4.99 Å². The van der Waals surface area contributed by atoms with Crippen LogP contribution >= 0.6 is 11.6 Å². The molecule has 0 saturated carbocycles. The summed E-state index contributed by atoms with van der Waals surface area (Å²) in [5, 5.41) is 0.588. The summed E-state index contributed by atoms with van der Waals surface area (Å²) in [4.78, 5) is 6.09. The van der Waals surface area contributed by atoms with Crippen molar-refractivity contribution in [2.75, 3.05) is 20.7 Å². The largest absolute Gasteiger partial charge is 0.492 e. The van der Waals surface area contributed by atoms with Crippen molar-refractivity contribution in [2.45, 2.75) is 6.92 Å². The monoisotopic (exact) mass is 226 g/mol. The van der Waals surface area contributed by atoms with E-state index < -0.39 is 0 Å². The molecule has 0 heterocycles. The number of rotatable bonds is 4. The topological polar surface area (TPSA) is 24.8 Å². The van der Waals surface area contributed by atoms with Crippen LogP contribution in [0.5, 0.6) is 5.75 Å². The zero-order chi connectivity index (χ0) is 11.3. The van der Waals surface area contributed by atoms with Gasteiger partial charge in [-0.3, -0.25) is 0 Å². The number of nitrogens with zero attached hydrogens (tertiary/aromatic N) is 2. The molecule has 0 unspecified atom stereocenters. The minimum Gasteiger partial charge on any atom is -0.492 e. The molecule has 0 aliphatic heterocycles. The van der Waals surface area contributed by atoms with Crippen LogP contribution in [0.3, 0.4) is 0 Å². The molecule has 0 aromatic heterocycles. The lowest BCUT2D eigenvalue weighted by atomic mass is 10.3. The molecule has 0 atom stereocenters. The number of aliphatic imine (C=N–C) groups is 1. The third-order valence-corrected chi connectivity index (χ3v) is 1.95. The molecule has 0 radical (unpaired) electrons. The third-order valence-electron chi connectivity index (χ3n) is 1.65. The van der Waals surface area contributed by atoms with E-state index in [1.165, 1.54) is 0 Å². The van der Waals surface area contributed by atoms with Gasteiger partial charge in [0, 0.05) is 14.1 Å². The Morgan fingerprint density at radius 2 is 2.20 bits per heavy atom. The van der Waals surface area contributed by atoms with Crippen molar-refractivity contribution >= 4 is 23.6 Å². The molecule has 1 rings (SSSR count). The van der Waals surface area contributed by atoms with Gasteiger partial charge >= 0.3 is 0 Å². The summed E-state index contributed by atoms with van der Waals surface area (Å²) in [7, 11) is 3.83. The molecule has 1 aromatic carbocycles.